The van der Waals surface area contributed by atoms with Crippen molar-refractivity contribution in [2.45, 2.75) is 6.92 Å². The molecule has 25 heavy (non-hydrogen) atoms. The van der Waals surface area contributed by atoms with Gasteiger partial charge in [0, 0.05) is 0 Å². The van der Waals surface area contributed by atoms with Crippen molar-refractivity contribution in [2.24, 2.45) is 5.10 Å². The monoisotopic (exact) mass is 330 g/mol. The molecule has 0 bridgehead atoms. The number of rotatable bonds is 4. The molecule has 0 unspecified atom stereocenters. The molecule has 2 N–H and O–H groups in total. The molecule has 0 spiro atoms. The van der Waals surface area contributed by atoms with Gasteiger partial charge < -0.3 is 5.11 Å². The fourth-order valence-electron chi connectivity index (χ4n) is 2.43. The Morgan fingerprint density at radius 1 is 1.00 bits per heavy atom. The van der Waals surface area contributed by atoms with Gasteiger partial charge in [-0.05, 0) is 41.5 Å². The first-order valence-corrected chi connectivity index (χ1v) is 7.93. The van der Waals surface area contributed by atoms with Crippen LogP contribution in [0.15, 0.2) is 77.9 Å². The van der Waals surface area contributed by atoms with Gasteiger partial charge in [-0.1, -0.05) is 60.7 Å². The van der Waals surface area contributed by atoms with Gasteiger partial charge in [-0.25, -0.2) is 5.43 Å². The minimum absolute atomic E-state index is 0.0659. The summed E-state index contributed by atoms with van der Waals surface area (Å²) < 4.78 is 0. The molecule has 0 atom stereocenters. The Morgan fingerprint density at radius 3 is 2.36 bits per heavy atom. The highest BCUT2D eigenvalue weighted by Gasteiger charge is 2.11. The molecule has 0 aromatic heterocycles. The zero-order valence-corrected chi connectivity index (χ0v) is 13.8. The summed E-state index contributed by atoms with van der Waals surface area (Å²) >= 11 is 0. The van der Waals surface area contributed by atoms with E-state index in [-0.39, 0.29) is 11.3 Å². The van der Waals surface area contributed by atoms with Crippen molar-refractivity contribution < 1.29 is 9.90 Å². The second-order valence-corrected chi connectivity index (χ2v) is 5.65. The highest BCUT2D eigenvalue weighted by molar-refractivity contribution is 6.03. The summed E-state index contributed by atoms with van der Waals surface area (Å²) in [5.41, 5.74) is 4.38. The molecule has 3 aromatic carbocycles. The van der Waals surface area contributed by atoms with Crippen molar-refractivity contribution in [3.05, 3.63) is 83.9 Å². The zero-order chi connectivity index (χ0) is 17.6. The maximum atomic E-state index is 12.3. The number of hydrogen-bond donors (Lipinski definition) is 2. The van der Waals surface area contributed by atoms with Gasteiger partial charge in [0.05, 0.1) is 11.3 Å². The van der Waals surface area contributed by atoms with E-state index in [2.05, 4.69) is 10.5 Å². The summed E-state index contributed by atoms with van der Waals surface area (Å²) in [5, 5.41) is 15.9. The largest absolute Gasteiger partial charge is 0.507 e. The lowest BCUT2D eigenvalue weighted by Gasteiger charge is -2.06. The molecule has 0 saturated heterocycles. The number of hydrogen-bond acceptors (Lipinski definition) is 3. The summed E-state index contributed by atoms with van der Waals surface area (Å²) in [6, 6.07) is 20.6. The number of phenols is 1. The summed E-state index contributed by atoms with van der Waals surface area (Å²) in [7, 11) is 0. The third-order valence-electron chi connectivity index (χ3n) is 3.76. The first kappa shape index (κ1) is 16.5. The predicted molar refractivity (Wildman–Crippen MR) is 102 cm³/mol. The average Bonchev–Trinajstić information content (AvgIpc) is 2.64. The van der Waals surface area contributed by atoms with Crippen molar-refractivity contribution in [3.8, 4) is 5.75 Å². The Hall–Kier alpha value is -3.40. The van der Waals surface area contributed by atoms with Crippen LogP contribution >= 0.6 is 0 Å². The van der Waals surface area contributed by atoms with E-state index in [9.17, 15) is 9.90 Å². The van der Waals surface area contributed by atoms with Crippen molar-refractivity contribution >= 4 is 28.5 Å². The third-order valence-corrected chi connectivity index (χ3v) is 3.76. The first-order chi connectivity index (χ1) is 12.1. The molecular weight excluding hydrogens is 312 g/mol. The predicted octanol–water partition coefficient (Wildman–Crippen LogP) is 4.36. The van der Waals surface area contributed by atoms with Crippen molar-refractivity contribution in [2.75, 3.05) is 0 Å². The van der Waals surface area contributed by atoms with E-state index in [4.69, 9.17) is 0 Å². The second-order valence-electron chi connectivity index (χ2n) is 5.65. The number of allylic oxidation sites excluding steroid dienone is 1. The lowest BCUT2D eigenvalue weighted by atomic mass is 10.1. The lowest BCUT2D eigenvalue weighted by Crippen LogP contribution is -2.18. The van der Waals surface area contributed by atoms with Crippen molar-refractivity contribution in [1.29, 1.82) is 0 Å². The van der Waals surface area contributed by atoms with Crippen LogP contribution in [-0.4, -0.2) is 16.7 Å². The van der Waals surface area contributed by atoms with Crippen LogP contribution in [0.3, 0.4) is 0 Å². The molecule has 3 rings (SSSR count). The quantitative estimate of drug-likeness (QED) is 0.551. The van der Waals surface area contributed by atoms with Gasteiger partial charge in [-0.2, -0.15) is 5.10 Å². The molecule has 4 nitrogen and oxygen atoms in total. The highest BCUT2D eigenvalue weighted by atomic mass is 16.3. The Morgan fingerprint density at radius 2 is 1.64 bits per heavy atom. The van der Waals surface area contributed by atoms with E-state index >= 15 is 0 Å². The standard InChI is InChI=1S/C21H18N2O2/c1-15(11-12-16-7-3-2-4-8-16)22-23-21(25)19-13-17-9-5-6-10-18(17)14-20(19)24/h2-14,24H,1H3,(H,23,25)/b12-11+,22-15?. The smallest absolute Gasteiger partial charge is 0.275 e. The second kappa shape index (κ2) is 7.45. The van der Waals surface area contributed by atoms with Gasteiger partial charge in [0.25, 0.3) is 5.91 Å². The molecule has 0 radical (unpaired) electrons. The van der Waals surface area contributed by atoms with Crippen LogP contribution in [0.25, 0.3) is 16.8 Å². The van der Waals surface area contributed by atoms with E-state index in [1.807, 2.05) is 66.7 Å². The molecule has 0 saturated carbocycles. The van der Waals surface area contributed by atoms with Crippen molar-refractivity contribution in [1.82, 2.24) is 5.43 Å². The number of nitrogens with one attached hydrogen (secondary N) is 1. The number of carbonyl (C=O) groups excluding carboxylic acids is 1. The molecule has 3 aromatic rings. The van der Waals surface area contributed by atoms with Gasteiger partial charge in [0.1, 0.15) is 5.75 Å². The van der Waals surface area contributed by atoms with Crippen LogP contribution in [0.4, 0.5) is 0 Å². The molecule has 124 valence electrons. The van der Waals surface area contributed by atoms with Crippen LogP contribution in [0.5, 0.6) is 5.75 Å². The number of nitrogens with zero attached hydrogens (tertiary/aromatic N) is 1. The number of amides is 1. The summed E-state index contributed by atoms with van der Waals surface area (Å²) in [6.07, 6.45) is 3.73. The number of hydrazone groups is 1. The van der Waals surface area contributed by atoms with E-state index in [0.29, 0.717) is 5.71 Å². The maximum Gasteiger partial charge on any atom is 0.275 e. The SMILES string of the molecule is CC(/C=C/c1ccccc1)=NNC(=O)c1cc2ccccc2cc1O. The topological polar surface area (TPSA) is 61.7 Å². The first-order valence-electron chi connectivity index (χ1n) is 7.93. The number of benzene rings is 3. The molecule has 0 heterocycles. The van der Waals surface area contributed by atoms with Crippen LogP contribution in [0.1, 0.15) is 22.8 Å². The number of phenolic OH excluding ortho intramolecular Hbond substituents is 1. The maximum absolute atomic E-state index is 12.3. The van der Waals surface area contributed by atoms with Gasteiger partial charge in [0.2, 0.25) is 0 Å². The Kier molecular flexibility index (Phi) is 4.90. The van der Waals surface area contributed by atoms with E-state index in [0.717, 1.165) is 16.3 Å². The summed E-state index contributed by atoms with van der Waals surface area (Å²) in [6.45, 7) is 1.79. The summed E-state index contributed by atoms with van der Waals surface area (Å²) in [4.78, 5) is 12.3. The molecule has 0 aliphatic carbocycles. The highest BCUT2D eigenvalue weighted by Crippen LogP contribution is 2.24. The van der Waals surface area contributed by atoms with E-state index < -0.39 is 5.91 Å². The molecule has 0 aliphatic rings. The van der Waals surface area contributed by atoms with E-state index in [1.165, 1.54) is 0 Å². The molecule has 0 aliphatic heterocycles. The van der Waals surface area contributed by atoms with Gasteiger partial charge >= 0.3 is 0 Å². The lowest BCUT2D eigenvalue weighted by molar-refractivity contribution is 0.0952. The van der Waals surface area contributed by atoms with Crippen LogP contribution < -0.4 is 5.43 Å². The van der Waals surface area contributed by atoms with Crippen LogP contribution in [0, 0.1) is 0 Å². The molecular formula is C21H18N2O2. The van der Waals surface area contributed by atoms with Crippen LogP contribution in [-0.2, 0) is 0 Å². The summed E-state index contributed by atoms with van der Waals surface area (Å²) in [5.74, 6) is -0.514. The molecule has 1 amide bonds. The number of aromatic hydroxyl groups is 1. The Bertz CT molecular complexity index is 960. The van der Waals surface area contributed by atoms with Crippen LogP contribution in [0.2, 0.25) is 0 Å². The average molecular weight is 330 g/mol. The fraction of sp³-hybridized carbons (Fsp3) is 0.0476. The fourth-order valence-corrected chi connectivity index (χ4v) is 2.43. The van der Waals surface area contributed by atoms with E-state index in [1.54, 1.807) is 19.1 Å². The Labute approximate surface area is 146 Å². The molecule has 0 fully saturated rings. The van der Waals surface area contributed by atoms with Gasteiger partial charge in [-0.15, -0.1) is 0 Å². The third kappa shape index (κ3) is 4.12. The minimum Gasteiger partial charge on any atom is -0.507 e. The number of fused-ring (bicyclic) bond motifs is 1. The van der Waals surface area contributed by atoms with Gasteiger partial charge in [0.15, 0.2) is 0 Å². The number of carbonyl (C=O) groups is 1. The van der Waals surface area contributed by atoms with Gasteiger partial charge in [-0.3, -0.25) is 4.79 Å². The Balaban J connectivity index is 1.73. The minimum atomic E-state index is -0.448. The van der Waals surface area contributed by atoms with Crippen molar-refractivity contribution in [3.63, 3.8) is 0 Å². The zero-order valence-electron chi connectivity index (χ0n) is 13.8. The normalized spacial score (nSPS) is 11.8. The molecule has 4 heteroatoms.